The number of aliphatic imine (C=N–C) groups is 1. The van der Waals surface area contributed by atoms with Crippen LogP contribution in [0.25, 0.3) is 0 Å². The predicted molar refractivity (Wildman–Crippen MR) is 87.3 cm³/mol. The van der Waals surface area contributed by atoms with E-state index in [1.165, 1.54) is 5.57 Å². The Morgan fingerprint density at radius 2 is 2.05 bits per heavy atom. The minimum atomic E-state index is -0.323. The van der Waals surface area contributed by atoms with Gasteiger partial charge in [0, 0.05) is 12.7 Å². The molecule has 0 saturated heterocycles. The first-order valence-electron chi connectivity index (χ1n) is 7.43. The number of hydrogen-bond acceptors (Lipinski definition) is 3. The smallest absolute Gasteiger partial charge is 0.124 e. The second-order valence-corrected chi connectivity index (χ2v) is 5.21. The third-order valence-corrected chi connectivity index (χ3v) is 3.86. The van der Waals surface area contributed by atoms with E-state index in [9.17, 15) is 0 Å². The normalized spacial score (nSPS) is 26.6. The summed E-state index contributed by atoms with van der Waals surface area (Å²) < 4.78 is 11.4. The first-order chi connectivity index (χ1) is 9.42. The molecule has 0 bridgehead atoms. The Labute approximate surface area is 124 Å². The Morgan fingerprint density at radius 3 is 2.40 bits per heavy atom. The first-order valence-corrected chi connectivity index (χ1v) is 7.43. The highest BCUT2D eigenvalue weighted by molar-refractivity contribution is 5.48. The van der Waals surface area contributed by atoms with E-state index in [-0.39, 0.29) is 11.7 Å². The monoisotopic (exact) mass is 281 g/mol. The van der Waals surface area contributed by atoms with Crippen LogP contribution in [0.1, 0.15) is 48.5 Å². The summed E-state index contributed by atoms with van der Waals surface area (Å²) in [4.78, 5) is 4.20. The molecule has 0 aromatic rings. The van der Waals surface area contributed by atoms with Crippen LogP contribution in [0.3, 0.4) is 0 Å². The summed E-state index contributed by atoms with van der Waals surface area (Å²) in [5, 5.41) is 0. The van der Waals surface area contributed by atoms with Crippen LogP contribution < -0.4 is 0 Å². The maximum Gasteiger partial charge on any atom is 0.124 e. The molecule has 0 fully saturated rings. The standard InChI is InChI=1S/C15H25NO2.C2H6/c1-8-11(4)13-14(16-6)12(9-17-7)18-15(13,5)10(2)3;1-2/h8,10,12H,6,9H2,1-5,7H3;1-2H3/b11-8-;. The zero-order chi connectivity index (χ0) is 15.9. The van der Waals surface area contributed by atoms with E-state index >= 15 is 0 Å². The van der Waals surface area contributed by atoms with E-state index in [0.29, 0.717) is 12.5 Å². The number of nitrogens with zero attached hydrogens (tertiary/aromatic N) is 1. The minimum absolute atomic E-state index is 0.121. The Hall–Kier alpha value is -0.930. The van der Waals surface area contributed by atoms with E-state index in [1.807, 2.05) is 20.8 Å². The molecule has 0 spiro atoms. The van der Waals surface area contributed by atoms with Gasteiger partial charge in [0.25, 0.3) is 0 Å². The van der Waals surface area contributed by atoms with Crippen molar-refractivity contribution < 1.29 is 9.47 Å². The van der Waals surface area contributed by atoms with Crippen molar-refractivity contribution in [1.82, 2.24) is 0 Å². The van der Waals surface area contributed by atoms with Gasteiger partial charge in [0.1, 0.15) is 6.10 Å². The van der Waals surface area contributed by atoms with Crippen LogP contribution in [0.2, 0.25) is 0 Å². The van der Waals surface area contributed by atoms with Crippen LogP contribution in [-0.2, 0) is 9.47 Å². The summed E-state index contributed by atoms with van der Waals surface area (Å²) in [6.45, 7) is 18.8. The first kappa shape index (κ1) is 19.1. The predicted octanol–water partition coefficient (Wildman–Crippen LogP) is 4.39. The van der Waals surface area contributed by atoms with E-state index in [2.05, 4.69) is 45.5 Å². The summed E-state index contributed by atoms with van der Waals surface area (Å²) in [7, 11) is 1.68. The molecule has 3 nitrogen and oxygen atoms in total. The second-order valence-electron chi connectivity index (χ2n) is 5.21. The van der Waals surface area contributed by atoms with Gasteiger partial charge in [-0.05, 0) is 39.0 Å². The zero-order valence-corrected chi connectivity index (χ0v) is 14.4. The van der Waals surface area contributed by atoms with Gasteiger partial charge >= 0.3 is 0 Å². The molecule has 0 aromatic carbocycles. The van der Waals surface area contributed by atoms with Gasteiger partial charge in [-0.3, -0.25) is 4.99 Å². The van der Waals surface area contributed by atoms with Crippen molar-refractivity contribution in [3.8, 4) is 0 Å². The largest absolute Gasteiger partial charge is 0.382 e. The van der Waals surface area contributed by atoms with E-state index in [4.69, 9.17) is 9.47 Å². The van der Waals surface area contributed by atoms with Crippen molar-refractivity contribution in [2.24, 2.45) is 10.9 Å². The van der Waals surface area contributed by atoms with Crippen molar-refractivity contribution in [1.29, 1.82) is 0 Å². The van der Waals surface area contributed by atoms with Crippen LogP contribution in [0.15, 0.2) is 27.9 Å². The molecule has 0 radical (unpaired) electrons. The Bertz CT molecular complexity index is 382. The maximum absolute atomic E-state index is 6.22. The van der Waals surface area contributed by atoms with Gasteiger partial charge in [-0.25, -0.2) is 0 Å². The summed E-state index contributed by atoms with van der Waals surface area (Å²) in [5.74, 6) is 0.362. The van der Waals surface area contributed by atoms with Gasteiger partial charge in [-0.2, -0.15) is 0 Å². The van der Waals surface area contributed by atoms with Crippen molar-refractivity contribution >= 4 is 6.72 Å². The van der Waals surface area contributed by atoms with Crippen LogP contribution in [0, 0.1) is 5.92 Å². The van der Waals surface area contributed by atoms with Gasteiger partial charge in [0.05, 0.1) is 17.9 Å². The fraction of sp³-hybridized carbons (Fsp3) is 0.706. The lowest BCUT2D eigenvalue weighted by molar-refractivity contribution is -0.0702. The van der Waals surface area contributed by atoms with Crippen LogP contribution in [0.5, 0.6) is 0 Å². The molecular weight excluding hydrogens is 250 g/mol. The number of allylic oxidation sites excluding steroid dienone is 1. The molecule has 0 aromatic heterocycles. The SMILES string of the molecule is C=NC1=C(/C(C)=C\C)C(C)(C(C)C)OC1COC.CC. The molecule has 3 heteroatoms. The Kier molecular flexibility index (Phi) is 7.99. The highest BCUT2D eigenvalue weighted by atomic mass is 16.5. The zero-order valence-electron chi connectivity index (χ0n) is 14.4. The average Bonchev–Trinajstić information content (AvgIpc) is 2.74. The molecule has 1 heterocycles. The van der Waals surface area contributed by atoms with Crippen molar-refractivity contribution in [2.75, 3.05) is 13.7 Å². The van der Waals surface area contributed by atoms with Gasteiger partial charge < -0.3 is 9.47 Å². The molecule has 20 heavy (non-hydrogen) atoms. The molecule has 2 atom stereocenters. The average molecular weight is 281 g/mol. The molecule has 1 aliphatic heterocycles. The molecule has 116 valence electrons. The van der Waals surface area contributed by atoms with E-state index < -0.39 is 0 Å². The third-order valence-electron chi connectivity index (χ3n) is 3.86. The van der Waals surface area contributed by atoms with Crippen molar-refractivity contribution in [2.45, 2.75) is 60.2 Å². The topological polar surface area (TPSA) is 30.8 Å². The summed E-state index contributed by atoms with van der Waals surface area (Å²) >= 11 is 0. The highest BCUT2D eigenvalue weighted by Gasteiger charge is 2.45. The van der Waals surface area contributed by atoms with E-state index in [1.54, 1.807) is 7.11 Å². The summed E-state index contributed by atoms with van der Waals surface area (Å²) in [6.07, 6.45) is 1.98. The fourth-order valence-corrected chi connectivity index (χ4v) is 2.43. The molecule has 0 N–H and O–H groups in total. The van der Waals surface area contributed by atoms with E-state index in [0.717, 1.165) is 11.3 Å². The lowest BCUT2D eigenvalue weighted by Crippen LogP contribution is -2.36. The number of hydrogen-bond donors (Lipinski definition) is 0. The van der Waals surface area contributed by atoms with Gasteiger partial charge in [-0.15, -0.1) is 0 Å². The third kappa shape index (κ3) is 3.58. The van der Waals surface area contributed by atoms with Gasteiger partial charge in [0.2, 0.25) is 0 Å². The number of ether oxygens (including phenoxy) is 2. The van der Waals surface area contributed by atoms with Gasteiger partial charge in [0.15, 0.2) is 0 Å². The summed E-state index contributed by atoms with van der Waals surface area (Å²) in [6, 6.07) is 0. The summed E-state index contributed by atoms with van der Waals surface area (Å²) in [5.41, 5.74) is 2.96. The highest BCUT2D eigenvalue weighted by Crippen LogP contribution is 2.44. The lowest BCUT2D eigenvalue weighted by Gasteiger charge is -2.33. The van der Waals surface area contributed by atoms with Crippen molar-refractivity contribution in [3.05, 3.63) is 22.9 Å². The molecular formula is C17H31NO2. The van der Waals surface area contributed by atoms with Crippen LogP contribution >= 0.6 is 0 Å². The molecule has 0 aliphatic carbocycles. The molecule has 1 rings (SSSR count). The van der Waals surface area contributed by atoms with Crippen LogP contribution in [0.4, 0.5) is 0 Å². The minimum Gasteiger partial charge on any atom is -0.382 e. The Morgan fingerprint density at radius 1 is 1.50 bits per heavy atom. The molecule has 2 unspecified atom stereocenters. The molecule has 1 aliphatic rings. The van der Waals surface area contributed by atoms with Crippen molar-refractivity contribution in [3.63, 3.8) is 0 Å². The number of methoxy groups -OCH3 is 1. The van der Waals surface area contributed by atoms with Crippen LogP contribution in [-0.4, -0.2) is 32.1 Å². The molecule has 0 saturated carbocycles. The number of rotatable bonds is 5. The Balaban J connectivity index is 0.00000172. The van der Waals surface area contributed by atoms with Gasteiger partial charge in [-0.1, -0.05) is 33.8 Å². The second kappa shape index (κ2) is 8.38. The lowest BCUT2D eigenvalue weighted by atomic mass is 9.81. The quantitative estimate of drug-likeness (QED) is 0.700. The maximum atomic E-state index is 6.22. The molecule has 0 amide bonds. The fourth-order valence-electron chi connectivity index (χ4n) is 2.43.